The van der Waals surface area contributed by atoms with Crippen molar-refractivity contribution in [3.63, 3.8) is 0 Å². The summed E-state index contributed by atoms with van der Waals surface area (Å²) in [5.74, 6) is 0.770. The number of aryl methyl sites for hydroxylation is 2. The zero-order chi connectivity index (χ0) is 20.2. The van der Waals surface area contributed by atoms with Crippen molar-refractivity contribution in [1.82, 2.24) is 14.8 Å². The summed E-state index contributed by atoms with van der Waals surface area (Å²) in [5, 5.41) is 8.49. The van der Waals surface area contributed by atoms with Gasteiger partial charge in [-0.05, 0) is 24.5 Å². The van der Waals surface area contributed by atoms with E-state index in [1.807, 2.05) is 31.3 Å². The standard InChI is InChI=1S/C20H20N4O4S/c1-23-13-21-22-20(23)29-12-15-9-17(25)18(10-27-15)28-11-19(26)24-8-4-6-14-5-2-3-7-16(14)24/h2-3,5,7,9-10,13H,4,6,8,11-12H2,1H3. The summed E-state index contributed by atoms with van der Waals surface area (Å²) in [5.41, 5.74) is 1.74. The predicted octanol–water partition coefficient (Wildman–Crippen LogP) is 2.42. The lowest BCUT2D eigenvalue weighted by molar-refractivity contribution is -0.120. The number of carbonyl (C=O) groups is 1. The molecule has 1 aliphatic heterocycles. The van der Waals surface area contributed by atoms with Gasteiger partial charge in [0.05, 0.1) is 5.75 Å². The minimum atomic E-state index is -0.323. The van der Waals surface area contributed by atoms with E-state index in [9.17, 15) is 9.59 Å². The molecule has 0 aliphatic carbocycles. The fourth-order valence-corrected chi connectivity index (χ4v) is 3.95. The van der Waals surface area contributed by atoms with Gasteiger partial charge in [-0.3, -0.25) is 9.59 Å². The van der Waals surface area contributed by atoms with Crippen LogP contribution in [-0.4, -0.2) is 33.8 Å². The molecule has 1 aliphatic rings. The maximum absolute atomic E-state index is 12.6. The Morgan fingerprint density at radius 3 is 3.00 bits per heavy atom. The number of rotatable bonds is 6. The van der Waals surface area contributed by atoms with E-state index in [0.717, 1.165) is 29.2 Å². The third-order valence-corrected chi connectivity index (χ3v) is 5.68. The summed E-state index contributed by atoms with van der Waals surface area (Å²) in [6, 6.07) is 9.22. The van der Waals surface area contributed by atoms with Crippen LogP contribution in [0.3, 0.4) is 0 Å². The van der Waals surface area contributed by atoms with E-state index in [0.29, 0.717) is 18.1 Å². The van der Waals surface area contributed by atoms with Crippen LogP contribution >= 0.6 is 11.8 Å². The van der Waals surface area contributed by atoms with Crippen molar-refractivity contribution in [3.05, 3.63) is 64.5 Å². The highest BCUT2D eigenvalue weighted by atomic mass is 32.2. The molecule has 1 amide bonds. The molecule has 0 saturated heterocycles. The quantitative estimate of drug-likeness (QED) is 0.574. The first-order chi connectivity index (χ1) is 14.1. The Labute approximate surface area is 171 Å². The van der Waals surface area contributed by atoms with E-state index in [4.69, 9.17) is 9.15 Å². The van der Waals surface area contributed by atoms with Gasteiger partial charge in [0, 0.05) is 25.3 Å². The van der Waals surface area contributed by atoms with E-state index in [2.05, 4.69) is 10.2 Å². The Balaban J connectivity index is 1.37. The molecule has 0 fully saturated rings. The molecule has 3 aromatic rings. The lowest BCUT2D eigenvalue weighted by atomic mass is 10.0. The molecule has 29 heavy (non-hydrogen) atoms. The smallest absolute Gasteiger partial charge is 0.264 e. The fourth-order valence-electron chi connectivity index (χ4n) is 3.17. The highest BCUT2D eigenvalue weighted by Crippen LogP contribution is 2.26. The van der Waals surface area contributed by atoms with Gasteiger partial charge in [0.2, 0.25) is 11.2 Å². The van der Waals surface area contributed by atoms with E-state index in [-0.39, 0.29) is 23.7 Å². The van der Waals surface area contributed by atoms with Gasteiger partial charge in [-0.1, -0.05) is 30.0 Å². The van der Waals surface area contributed by atoms with Crippen molar-refractivity contribution in [1.29, 1.82) is 0 Å². The van der Waals surface area contributed by atoms with Crippen LogP contribution in [0.25, 0.3) is 0 Å². The Morgan fingerprint density at radius 1 is 1.34 bits per heavy atom. The number of amides is 1. The third kappa shape index (κ3) is 4.34. The molecular weight excluding hydrogens is 392 g/mol. The van der Waals surface area contributed by atoms with Crippen molar-refractivity contribution in [2.45, 2.75) is 23.8 Å². The molecule has 0 atom stereocenters. The van der Waals surface area contributed by atoms with Gasteiger partial charge >= 0.3 is 0 Å². The van der Waals surface area contributed by atoms with Crippen LogP contribution in [0.4, 0.5) is 5.69 Å². The van der Waals surface area contributed by atoms with E-state index < -0.39 is 0 Å². The molecule has 0 unspecified atom stereocenters. The van der Waals surface area contributed by atoms with Crippen LogP contribution < -0.4 is 15.1 Å². The summed E-state index contributed by atoms with van der Waals surface area (Å²) in [6.45, 7) is 0.429. The Bertz CT molecular complexity index is 1080. The first-order valence-electron chi connectivity index (χ1n) is 9.21. The third-order valence-electron chi connectivity index (χ3n) is 4.63. The molecule has 0 N–H and O–H groups in total. The lowest BCUT2D eigenvalue weighted by Crippen LogP contribution is -2.38. The summed E-state index contributed by atoms with van der Waals surface area (Å²) >= 11 is 1.41. The molecule has 2 aromatic heterocycles. The minimum Gasteiger partial charge on any atom is -0.477 e. The van der Waals surface area contributed by atoms with Gasteiger partial charge in [-0.2, -0.15) is 0 Å². The molecule has 3 heterocycles. The highest BCUT2D eigenvalue weighted by Gasteiger charge is 2.22. The monoisotopic (exact) mass is 412 g/mol. The normalized spacial score (nSPS) is 13.2. The maximum Gasteiger partial charge on any atom is 0.264 e. The molecule has 1 aromatic carbocycles. The number of fused-ring (bicyclic) bond motifs is 1. The number of thioether (sulfide) groups is 1. The van der Waals surface area contributed by atoms with Crippen molar-refractivity contribution in [3.8, 4) is 5.75 Å². The second-order valence-corrected chi connectivity index (χ2v) is 7.60. The number of aromatic nitrogens is 3. The Kier molecular flexibility index (Phi) is 5.66. The van der Waals surface area contributed by atoms with Crippen molar-refractivity contribution in [2.75, 3.05) is 18.1 Å². The molecular formula is C20H20N4O4S. The van der Waals surface area contributed by atoms with Crippen LogP contribution in [0.2, 0.25) is 0 Å². The second kappa shape index (κ2) is 8.52. The SMILES string of the molecule is Cn1cnnc1SCc1cc(=O)c(OCC(=O)N2CCCc3ccccc32)co1. The van der Waals surface area contributed by atoms with Crippen LogP contribution in [-0.2, 0) is 24.0 Å². The molecule has 150 valence electrons. The van der Waals surface area contributed by atoms with Gasteiger partial charge in [0.15, 0.2) is 11.8 Å². The molecule has 9 heteroatoms. The van der Waals surface area contributed by atoms with E-state index in [1.165, 1.54) is 24.1 Å². The number of ether oxygens (including phenoxy) is 1. The van der Waals surface area contributed by atoms with Gasteiger partial charge in [-0.25, -0.2) is 0 Å². The Morgan fingerprint density at radius 2 is 2.21 bits per heavy atom. The number of para-hydroxylation sites is 1. The van der Waals surface area contributed by atoms with Crippen molar-refractivity contribution in [2.24, 2.45) is 7.05 Å². The molecule has 4 rings (SSSR count). The number of nitrogens with zero attached hydrogens (tertiary/aromatic N) is 4. The number of hydrogen-bond donors (Lipinski definition) is 0. The summed E-state index contributed by atoms with van der Waals surface area (Å²) in [4.78, 5) is 26.6. The summed E-state index contributed by atoms with van der Waals surface area (Å²) in [6.07, 6.45) is 4.72. The fraction of sp³-hybridized carbons (Fsp3) is 0.300. The molecule has 0 saturated carbocycles. The maximum atomic E-state index is 12.6. The van der Waals surface area contributed by atoms with Crippen molar-refractivity contribution < 1.29 is 13.9 Å². The Hall–Kier alpha value is -3.07. The van der Waals surface area contributed by atoms with Gasteiger partial charge in [0.25, 0.3) is 5.91 Å². The van der Waals surface area contributed by atoms with Crippen LogP contribution in [0.1, 0.15) is 17.7 Å². The number of anilines is 1. The zero-order valence-corrected chi connectivity index (χ0v) is 16.7. The zero-order valence-electron chi connectivity index (χ0n) is 15.9. The first kappa shape index (κ1) is 19.3. The average Bonchev–Trinajstić information content (AvgIpc) is 3.15. The van der Waals surface area contributed by atoms with Gasteiger partial charge < -0.3 is 18.6 Å². The topological polar surface area (TPSA) is 90.5 Å². The summed E-state index contributed by atoms with van der Waals surface area (Å²) < 4.78 is 12.7. The lowest BCUT2D eigenvalue weighted by Gasteiger charge is -2.29. The number of benzene rings is 1. The second-order valence-electron chi connectivity index (χ2n) is 6.65. The largest absolute Gasteiger partial charge is 0.477 e. The average molecular weight is 412 g/mol. The predicted molar refractivity (Wildman–Crippen MR) is 108 cm³/mol. The van der Waals surface area contributed by atoms with E-state index in [1.54, 1.807) is 15.8 Å². The molecule has 8 nitrogen and oxygen atoms in total. The van der Waals surface area contributed by atoms with Crippen LogP contribution in [0, 0.1) is 0 Å². The highest BCUT2D eigenvalue weighted by molar-refractivity contribution is 7.98. The molecule has 0 bridgehead atoms. The molecule has 0 radical (unpaired) electrons. The van der Waals surface area contributed by atoms with Crippen LogP contribution in [0.5, 0.6) is 5.75 Å². The van der Waals surface area contributed by atoms with Crippen LogP contribution in [0.15, 0.2) is 57.3 Å². The van der Waals surface area contributed by atoms with Crippen molar-refractivity contribution >= 4 is 23.4 Å². The number of carbonyl (C=O) groups excluding carboxylic acids is 1. The van der Waals surface area contributed by atoms with E-state index >= 15 is 0 Å². The minimum absolute atomic E-state index is 0.0241. The first-order valence-corrected chi connectivity index (χ1v) is 10.2. The van der Waals surface area contributed by atoms with Gasteiger partial charge in [-0.15, -0.1) is 10.2 Å². The summed E-state index contributed by atoms with van der Waals surface area (Å²) in [7, 11) is 1.84. The number of hydrogen-bond acceptors (Lipinski definition) is 7. The molecule has 0 spiro atoms. The van der Waals surface area contributed by atoms with Gasteiger partial charge in [0.1, 0.15) is 18.4 Å².